The number of hydrazone groups is 1. The molecule has 3 rings (SSSR count). The van der Waals surface area contributed by atoms with E-state index >= 15 is 0 Å². The largest absolute Gasteiger partial charge is 0.497 e. The highest BCUT2D eigenvalue weighted by atomic mass is 32.2. The Bertz CT molecular complexity index is 1310. The highest BCUT2D eigenvalue weighted by Crippen LogP contribution is 2.26. The first-order chi connectivity index (χ1) is 17.3. The van der Waals surface area contributed by atoms with Crippen molar-refractivity contribution in [2.24, 2.45) is 5.10 Å². The number of sulfonamides is 1. The Hall–Kier alpha value is -4.05. The van der Waals surface area contributed by atoms with Gasteiger partial charge < -0.3 is 14.2 Å². The van der Waals surface area contributed by atoms with Gasteiger partial charge in [0.05, 0.1) is 37.6 Å². The van der Waals surface area contributed by atoms with Gasteiger partial charge in [-0.1, -0.05) is 17.7 Å². The maximum Gasteiger partial charge on any atom is 0.264 e. The van der Waals surface area contributed by atoms with Crippen molar-refractivity contribution >= 4 is 27.8 Å². The van der Waals surface area contributed by atoms with Crippen LogP contribution in [0.15, 0.2) is 76.7 Å². The first kappa shape index (κ1) is 26.6. The number of methoxy groups -OCH3 is 2. The Morgan fingerprint density at radius 1 is 0.972 bits per heavy atom. The number of ether oxygens (including phenoxy) is 3. The lowest BCUT2D eigenvalue weighted by Gasteiger charge is -2.24. The minimum absolute atomic E-state index is 0.0706. The van der Waals surface area contributed by atoms with E-state index in [4.69, 9.17) is 14.2 Å². The number of nitrogens with zero attached hydrogens (tertiary/aromatic N) is 2. The number of rotatable bonds is 11. The summed E-state index contributed by atoms with van der Waals surface area (Å²) in [6.07, 6.45) is 1.41. The van der Waals surface area contributed by atoms with Crippen LogP contribution in [0.2, 0.25) is 0 Å². The molecule has 0 saturated heterocycles. The van der Waals surface area contributed by atoms with E-state index in [0.717, 1.165) is 9.87 Å². The Morgan fingerprint density at radius 2 is 1.64 bits per heavy atom. The van der Waals surface area contributed by atoms with Crippen LogP contribution in [0, 0.1) is 6.92 Å². The molecule has 0 unspecified atom stereocenters. The zero-order valence-electron chi connectivity index (χ0n) is 20.6. The molecule has 0 aliphatic carbocycles. The molecular formula is C26H29N3O6S. The number of amides is 1. The molecular weight excluding hydrogens is 482 g/mol. The van der Waals surface area contributed by atoms with Gasteiger partial charge in [0.1, 0.15) is 23.8 Å². The summed E-state index contributed by atoms with van der Waals surface area (Å²) in [5, 5.41) is 3.97. The van der Waals surface area contributed by atoms with Crippen LogP contribution in [0.1, 0.15) is 18.1 Å². The third-order valence-electron chi connectivity index (χ3n) is 5.17. The molecule has 3 aromatic carbocycles. The molecule has 10 heteroatoms. The van der Waals surface area contributed by atoms with Gasteiger partial charge in [0, 0.05) is 11.6 Å². The van der Waals surface area contributed by atoms with Gasteiger partial charge in [-0.15, -0.1) is 0 Å². The van der Waals surface area contributed by atoms with Crippen LogP contribution in [0.3, 0.4) is 0 Å². The van der Waals surface area contributed by atoms with Crippen molar-refractivity contribution in [2.45, 2.75) is 18.7 Å². The molecule has 36 heavy (non-hydrogen) atoms. The van der Waals surface area contributed by atoms with Crippen molar-refractivity contribution in [1.29, 1.82) is 0 Å². The number of carbonyl (C=O) groups is 1. The highest BCUT2D eigenvalue weighted by Gasteiger charge is 2.27. The lowest BCUT2D eigenvalue weighted by Crippen LogP contribution is -2.39. The molecule has 3 aromatic rings. The van der Waals surface area contributed by atoms with E-state index in [1.54, 1.807) is 61.7 Å². The van der Waals surface area contributed by atoms with Crippen LogP contribution in [0.25, 0.3) is 0 Å². The molecule has 0 aromatic heterocycles. The zero-order chi connectivity index (χ0) is 26.1. The lowest BCUT2D eigenvalue weighted by molar-refractivity contribution is -0.119. The second kappa shape index (κ2) is 12.1. The first-order valence-electron chi connectivity index (χ1n) is 11.1. The van der Waals surface area contributed by atoms with Gasteiger partial charge in [-0.3, -0.25) is 9.10 Å². The van der Waals surface area contributed by atoms with Gasteiger partial charge in [-0.2, -0.15) is 5.10 Å². The predicted molar refractivity (Wildman–Crippen MR) is 139 cm³/mol. The summed E-state index contributed by atoms with van der Waals surface area (Å²) in [5.41, 5.74) is 4.23. The summed E-state index contributed by atoms with van der Waals surface area (Å²) in [5.74, 6) is 1.09. The molecule has 0 bridgehead atoms. The van der Waals surface area contributed by atoms with Crippen LogP contribution in [-0.4, -0.2) is 47.9 Å². The quantitative estimate of drug-likeness (QED) is 0.310. The van der Waals surface area contributed by atoms with Crippen LogP contribution < -0.4 is 23.9 Å². The summed E-state index contributed by atoms with van der Waals surface area (Å²) >= 11 is 0. The smallest absolute Gasteiger partial charge is 0.264 e. The molecule has 1 amide bonds. The van der Waals surface area contributed by atoms with E-state index in [1.807, 2.05) is 13.8 Å². The van der Waals surface area contributed by atoms with Crippen LogP contribution in [-0.2, 0) is 14.8 Å². The maximum absolute atomic E-state index is 13.5. The van der Waals surface area contributed by atoms with Gasteiger partial charge in [0.15, 0.2) is 0 Å². The summed E-state index contributed by atoms with van der Waals surface area (Å²) in [6.45, 7) is 3.71. The van der Waals surface area contributed by atoms with Crippen molar-refractivity contribution in [3.63, 3.8) is 0 Å². The van der Waals surface area contributed by atoms with E-state index in [0.29, 0.717) is 35.1 Å². The molecule has 0 radical (unpaired) electrons. The molecule has 0 aliphatic rings. The van der Waals surface area contributed by atoms with Crippen molar-refractivity contribution < 1.29 is 27.4 Å². The average molecular weight is 512 g/mol. The number of hydrogen-bond donors (Lipinski definition) is 1. The molecule has 0 fully saturated rings. The normalized spacial score (nSPS) is 11.2. The van der Waals surface area contributed by atoms with Gasteiger partial charge in [0.25, 0.3) is 15.9 Å². The Labute approximate surface area is 211 Å². The topological polar surface area (TPSA) is 107 Å². The monoisotopic (exact) mass is 511 g/mol. The number of carbonyl (C=O) groups excluding carboxylic acids is 1. The second-order valence-corrected chi connectivity index (χ2v) is 9.52. The lowest BCUT2D eigenvalue weighted by atomic mass is 10.2. The first-order valence-corrected chi connectivity index (χ1v) is 12.6. The number of anilines is 1. The summed E-state index contributed by atoms with van der Waals surface area (Å²) in [7, 11) is -0.986. The average Bonchev–Trinajstić information content (AvgIpc) is 2.88. The number of hydrogen-bond acceptors (Lipinski definition) is 7. The van der Waals surface area contributed by atoms with E-state index in [1.165, 1.54) is 25.5 Å². The minimum Gasteiger partial charge on any atom is -0.497 e. The van der Waals surface area contributed by atoms with E-state index in [2.05, 4.69) is 10.5 Å². The van der Waals surface area contributed by atoms with E-state index in [-0.39, 0.29) is 4.90 Å². The maximum atomic E-state index is 13.5. The van der Waals surface area contributed by atoms with Crippen molar-refractivity contribution in [2.75, 3.05) is 31.7 Å². The SMILES string of the molecule is CCOc1ccc(N(CC(=O)N/N=C\c2ccc(OC)cc2OC)S(=O)(=O)c2ccc(C)cc2)cc1. The third-order valence-corrected chi connectivity index (χ3v) is 6.95. The van der Waals surface area contributed by atoms with Gasteiger partial charge in [-0.05, 0) is 62.4 Å². The summed E-state index contributed by atoms with van der Waals surface area (Å²) in [6, 6.07) is 18.1. The van der Waals surface area contributed by atoms with Crippen LogP contribution in [0.4, 0.5) is 5.69 Å². The second-order valence-electron chi connectivity index (χ2n) is 7.65. The fourth-order valence-electron chi connectivity index (χ4n) is 3.29. The summed E-state index contributed by atoms with van der Waals surface area (Å²) in [4.78, 5) is 12.8. The number of benzene rings is 3. The Balaban J connectivity index is 1.84. The molecule has 190 valence electrons. The van der Waals surface area contributed by atoms with Crippen molar-refractivity contribution in [3.8, 4) is 17.2 Å². The Morgan fingerprint density at radius 3 is 2.25 bits per heavy atom. The van der Waals surface area contributed by atoms with Gasteiger partial charge >= 0.3 is 0 Å². The van der Waals surface area contributed by atoms with Crippen LogP contribution in [0.5, 0.6) is 17.2 Å². The standard InChI is InChI=1S/C26H29N3O6S/c1-5-35-22-12-9-21(10-13-22)29(36(31,32)24-14-6-19(2)7-15-24)18-26(30)28-27-17-20-8-11-23(33-3)16-25(20)34-4/h6-17H,5,18H2,1-4H3,(H,28,30)/b27-17-. The number of aryl methyl sites for hydroxylation is 1. The Kier molecular flexibility index (Phi) is 8.91. The predicted octanol–water partition coefficient (Wildman–Crippen LogP) is 3.76. The van der Waals surface area contributed by atoms with Crippen molar-refractivity contribution in [1.82, 2.24) is 5.43 Å². The molecule has 0 heterocycles. The fraction of sp³-hybridized carbons (Fsp3) is 0.231. The number of nitrogens with one attached hydrogen (secondary N) is 1. The fourth-order valence-corrected chi connectivity index (χ4v) is 4.71. The van der Waals surface area contributed by atoms with E-state index < -0.39 is 22.5 Å². The molecule has 9 nitrogen and oxygen atoms in total. The summed E-state index contributed by atoms with van der Waals surface area (Å²) < 4.78 is 43.9. The molecule has 0 aliphatic heterocycles. The molecule has 0 atom stereocenters. The van der Waals surface area contributed by atoms with Crippen molar-refractivity contribution in [3.05, 3.63) is 77.9 Å². The van der Waals surface area contributed by atoms with Gasteiger partial charge in [0.2, 0.25) is 0 Å². The molecule has 1 N–H and O–H groups in total. The van der Waals surface area contributed by atoms with Crippen LogP contribution >= 0.6 is 0 Å². The van der Waals surface area contributed by atoms with E-state index in [9.17, 15) is 13.2 Å². The minimum atomic E-state index is -4.04. The molecule has 0 saturated carbocycles. The zero-order valence-corrected chi connectivity index (χ0v) is 21.4. The van der Waals surface area contributed by atoms with Gasteiger partial charge in [-0.25, -0.2) is 13.8 Å². The highest BCUT2D eigenvalue weighted by molar-refractivity contribution is 7.92. The third kappa shape index (κ3) is 6.54. The molecule has 0 spiro atoms.